The van der Waals surface area contributed by atoms with E-state index in [4.69, 9.17) is 13.6 Å². The third-order valence-corrected chi connectivity index (χ3v) is 2.17. The Morgan fingerprint density at radius 3 is 2.22 bits per heavy atom. The predicted molar refractivity (Wildman–Crippen MR) is 35.1 cm³/mol. The van der Waals surface area contributed by atoms with E-state index >= 15 is 0 Å². The van der Waals surface area contributed by atoms with Gasteiger partial charge in [0.25, 0.3) is 0 Å². The molecule has 0 spiro atoms. The van der Waals surface area contributed by atoms with Crippen molar-refractivity contribution >= 4 is 8.60 Å². The van der Waals surface area contributed by atoms with E-state index in [0.717, 1.165) is 26.1 Å². The Labute approximate surface area is 56.3 Å². The minimum Gasteiger partial charge on any atom is -0.316 e. The van der Waals surface area contributed by atoms with Crippen LogP contribution in [0.3, 0.4) is 0 Å². The molecule has 1 saturated heterocycles. The molecule has 3 nitrogen and oxygen atoms in total. The van der Waals surface area contributed by atoms with Crippen molar-refractivity contribution in [1.82, 2.24) is 0 Å². The molecule has 0 N–H and O–H groups in total. The molecule has 0 bridgehead atoms. The predicted octanol–water partition coefficient (Wildman–Crippen LogP) is 1.69. The van der Waals surface area contributed by atoms with Gasteiger partial charge >= 0.3 is 8.60 Å². The normalized spacial score (nSPS) is 23.7. The summed E-state index contributed by atoms with van der Waals surface area (Å²) in [7, 11) is 0.612. The first-order valence-electron chi connectivity index (χ1n) is 3.03. The van der Waals surface area contributed by atoms with Crippen LogP contribution < -0.4 is 0 Å². The van der Waals surface area contributed by atoms with Gasteiger partial charge in [-0.05, 0) is 12.8 Å². The van der Waals surface area contributed by atoms with Crippen LogP contribution in [-0.2, 0) is 13.6 Å². The molecule has 0 atom stereocenters. The molecule has 0 amide bonds. The third kappa shape index (κ3) is 2.59. The minimum atomic E-state index is -0.996. The van der Waals surface area contributed by atoms with Crippen LogP contribution in [0.4, 0.5) is 0 Å². The maximum atomic E-state index is 5.17. The van der Waals surface area contributed by atoms with Crippen LogP contribution >= 0.6 is 8.60 Å². The fourth-order valence-corrected chi connectivity index (χ4v) is 1.47. The molecule has 0 saturated carbocycles. The lowest BCUT2D eigenvalue weighted by Gasteiger charge is -2.08. The van der Waals surface area contributed by atoms with Gasteiger partial charge in [-0.15, -0.1) is 0 Å². The molecule has 1 fully saturated rings. The van der Waals surface area contributed by atoms with Gasteiger partial charge in [0.05, 0.1) is 13.2 Å². The second-order valence-corrected chi connectivity index (χ2v) is 3.11. The molecule has 0 unspecified atom stereocenters. The lowest BCUT2D eigenvalue weighted by atomic mass is 10.3. The second kappa shape index (κ2) is 4.18. The first-order valence-corrected chi connectivity index (χ1v) is 4.13. The van der Waals surface area contributed by atoms with E-state index in [-0.39, 0.29) is 0 Å². The average Bonchev–Trinajstić information content (AvgIpc) is 2.13. The monoisotopic (exact) mass is 150 g/mol. The Kier molecular flexibility index (Phi) is 3.44. The van der Waals surface area contributed by atoms with Crippen LogP contribution in [0.5, 0.6) is 0 Å². The molecule has 1 rings (SSSR count). The Bertz CT molecular complexity index is 70.6. The van der Waals surface area contributed by atoms with Crippen molar-refractivity contribution in [2.24, 2.45) is 0 Å². The summed E-state index contributed by atoms with van der Waals surface area (Å²) in [5.41, 5.74) is 0. The van der Waals surface area contributed by atoms with Crippen LogP contribution in [0.25, 0.3) is 0 Å². The molecular formula is C5H11O3P. The summed E-state index contributed by atoms with van der Waals surface area (Å²) in [6.07, 6.45) is 2.17. The van der Waals surface area contributed by atoms with Crippen molar-refractivity contribution in [3.8, 4) is 0 Å². The minimum absolute atomic E-state index is 0.777. The van der Waals surface area contributed by atoms with Crippen LogP contribution in [0.1, 0.15) is 12.8 Å². The van der Waals surface area contributed by atoms with Crippen molar-refractivity contribution in [3.05, 3.63) is 0 Å². The quantitative estimate of drug-likeness (QED) is 0.532. The van der Waals surface area contributed by atoms with Crippen molar-refractivity contribution in [1.29, 1.82) is 0 Å². The van der Waals surface area contributed by atoms with E-state index in [9.17, 15) is 0 Å². The first-order chi connectivity index (χ1) is 4.43. The van der Waals surface area contributed by atoms with E-state index in [0.29, 0.717) is 0 Å². The van der Waals surface area contributed by atoms with Gasteiger partial charge in [-0.25, -0.2) is 0 Å². The summed E-state index contributed by atoms with van der Waals surface area (Å²) in [5, 5.41) is 0. The zero-order valence-corrected chi connectivity index (χ0v) is 6.39. The molecule has 0 aromatic heterocycles. The van der Waals surface area contributed by atoms with Gasteiger partial charge in [0, 0.05) is 7.11 Å². The van der Waals surface area contributed by atoms with Gasteiger partial charge in [-0.2, -0.15) is 0 Å². The first kappa shape index (κ1) is 7.42. The molecular weight excluding hydrogens is 139 g/mol. The van der Waals surface area contributed by atoms with Gasteiger partial charge in [0.1, 0.15) is 0 Å². The fraction of sp³-hybridized carbons (Fsp3) is 1.00. The molecule has 0 aromatic carbocycles. The Hall–Kier alpha value is 0.310. The largest absolute Gasteiger partial charge is 0.332 e. The van der Waals surface area contributed by atoms with Crippen molar-refractivity contribution in [3.63, 3.8) is 0 Å². The number of rotatable bonds is 1. The number of hydrogen-bond acceptors (Lipinski definition) is 3. The van der Waals surface area contributed by atoms with Crippen LogP contribution in [0.15, 0.2) is 0 Å². The van der Waals surface area contributed by atoms with E-state index < -0.39 is 8.60 Å². The molecule has 0 radical (unpaired) electrons. The second-order valence-electron chi connectivity index (χ2n) is 1.78. The Morgan fingerprint density at radius 2 is 1.78 bits per heavy atom. The molecule has 4 heteroatoms. The lowest BCUT2D eigenvalue weighted by Crippen LogP contribution is -1.87. The Balaban J connectivity index is 2.18. The van der Waals surface area contributed by atoms with Gasteiger partial charge in [0.15, 0.2) is 0 Å². The maximum absolute atomic E-state index is 5.17. The molecule has 1 heterocycles. The van der Waals surface area contributed by atoms with E-state index in [1.165, 1.54) is 0 Å². The molecule has 1 aliphatic rings. The van der Waals surface area contributed by atoms with Crippen molar-refractivity contribution in [2.45, 2.75) is 12.8 Å². The van der Waals surface area contributed by atoms with E-state index in [1.807, 2.05) is 0 Å². The lowest BCUT2D eigenvalue weighted by molar-refractivity contribution is 0.209. The molecule has 9 heavy (non-hydrogen) atoms. The SMILES string of the molecule is COP1OCCCCO1. The fourth-order valence-electron chi connectivity index (χ4n) is 0.625. The molecule has 0 aliphatic carbocycles. The zero-order valence-electron chi connectivity index (χ0n) is 5.50. The highest BCUT2D eigenvalue weighted by molar-refractivity contribution is 7.41. The summed E-state index contributed by atoms with van der Waals surface area (Å²) in [6, 6.07) is 0. The van der Waals surface area contributed by atoms with Gasteiger partial charge in [-0.3, -0.25) is 0 Å². The van der Waals surface area contributed by atoms with Crippen molar-refractivity contribution < 1.29 is 13.6 Å². The van der Waals surface area contributed by atoms with Gasteiger partial charge < -0.3 is 13.6 Å². The molecule has 54 valence electrons. The summed E-state index contributed by atoms with van der Waals surface area (Å²) in [6.45, 7) is 1.55. The Morgan fingerprint density at radius 1 is 1.22 bits per heavy atom. The topological polar surface area (TPSA) is 27.7 Å². The van der Waals surface area contributed by atoms with Crippen molar-refractivity contribution in [2.75, 3.05) is 20.3 Å². The third-order valence-electron chi connectivity index (χ3n) is 1.08. The summed E-state index contributed by atoms with van der Waals surface area (Å²) in [4.78, 5) is 0. The highest BCUT2D eigenvalue weighted by Gasteiger charge is 2.12. The summed E-state index contributed by atoms with van der Waals surface area (Å²) < 4.78 is 15.2. The number of hydrogen-bond donors (Lipinski definition) is 0. The summed E-state index contributed by atoms with van der Waals surface area (Å²) >= 11 is 0. The smallest absolute Gasteiger partial charge is 0.316 e. The average molecular weight is 150 g/mol. The molecule has 1 aliphatic heterocycles. The van der Waals surface area contributed by atoms with Crippen LogP contribution in [-0.4, -0.2) is 20.3 Å². The standard InChI is InChI=1S/C5H11O3P/c1-6-9-7-4-2-3-5-8-9/h2-5H2,1H3. The maximum Gasteiger partial charge on any atom is 0.332 e. The van der Waals surface area contributed by atoms with Gasteiger partial charge in [-0.1, -0.05) is 0 Å². The van der Waals surface area contributed by atoms with E-state index in [2.05, 4.69) is 0 Å². The highest BCUT2D eigenvalue weighted by Crippen LogP contribution is 2.40. The van der Waals surface area contributed by atoms with Crippen LogP contribution in [0.2, 0.25) is 0 Å². The highest BCUT2D eigenvalue weighted by atomic mass is 31.2. The van der Waals surface area contributed by atoms with Crippen LogP contribution in [0, 0.1) is 0 Å². The summed E-state index contributed by atoms with van der Waals surface area (Å²) in [5.74, 6) is 0. The van der Waals surface area contributed by atoms with E-state index in [1.54, 1.807) is 7.11 Å². The molecule has 0 aromatic rings. The van der Waals surface area contributed by atoms with Gasteiger partial charge in [0.2, 0.25) is 0 Å². The zero-order chi connectivity index (χ0) is 6.53.